The van der Waals surface area contributed by atoms with Crippen LogP contribution in [0.15, 0.2) is 40.8 Å². The number of hydrogen-bond donors (Lipinski definition) is 1. The van der Waals surface area contributed by atoms with Crippen LogP contribution in [-0.2, 0) is 19.1 Å². The fourth-order valence-corrected chi connectivity index (χ4v) is 9.45. The van der Waals surface area contributed by atoms with E-state index >= 15 is 0 Å². The molecule has 6 heteroatoms. The van der Waals surface area contributed by atoms with Crippen LogP contribution in [0.5, 0.6) is 0 Å². The van der Waals surface area contributed by atoms with Gasteiger partial charge in [0.1, 0.15) is 12.4 Å². The molecule has 8 atom stereocenters. The number of aryl methyl sites for hydroxylation is 1. The third kappa shape index (κ3) is 3.81. The van der Waals surface area contributed by atoms with Crippen molar-refractivity contribution in [1.29, 1.82) is 0 Å². The topological polar surface area (TPSA) is 80.7 Å². The van der Waals surface area contributed by atoms with Gasteiger partial charge in [0.25, 0.3) is 10.1 Å². The van der Waals surface area contributed by atoms with Gasteiger partial charge in [-0.3, -0.25) is 4.18 Å². The minimum Gasteiger partial charge on any atom is -0.385 e. The van der Waals surface area contributed by atoms with Crippen molar-refractivity contribution in [1.82, 2.24) is 0 Å². The van der Waals surface area contributed by atoms with Crippen molar-refractivity contribution >= 4 is 16.4 Å². The SMILES string of the molecule is Cc1ccc(S(=O)(=O)O[C@H]2CC[C@@]3(C)C(=CC[C@H]4[C@@H]5CC[C@H](C(O)C=O)[C@@]5(C)CC[C@@H]43)C2)cc1. The van der Waals surface area contributed by atoms with Gasteiger partial charge in [0, 0.05) is 0 Å². The van der Waals surface area contributed by atoms with E-state index in [4.69, 9.17) is 4.18 Å². The summed E-state index contributed by atoms with van der Waals surface area (Å²) >= 11 is 0. The molecule has 1 aromatic rings. The molecule has 1 aromatic carbocycles. The lowest BCUT2D eigenvalue weighted by molar-refractivity contribution is -0.123. The summed E-state index contributed by atoms with van der Waals surface area (Å²) < 4.78 is 31.5. The number of fused-ring (bicyclic) bond motifs is 5. The Morgan fingerprint density at radius 1 is 1.06 bits per heavy atom. The first-order valence-electron chi connectivity index (χ1n) is 12.9. The van der Waals surface area contributed by atoms with Crippen molar-refractivity contribution in [2.45, 2.75) is 89.2 Å². The molecular weight excluding hydrogens is 448 g/mol. The second kappa shape index (κ2) is 8.56. The van der Waals surface area contributed by atoms with Gasteiger partial charge in [-0.15, -0.1) is 0 Å². The summed E-state index contributed by atoms with van der Waals surface area (Å²) in [7, 11) is -3.77. The van der Waals surface area contributed by atoms with Gasteiger partial charge in [-0.1, -0.05) is 43.2 Å². The summed E-state index contributed by atoms with van der Waals surface area (Å²) in [5.41, 5.74) is 2.51. The molecule has 1 N–H and O–H groups in total. The van der Waals surface area contributed by atoms with Crippen LogP contribution >= 0.6 is 0 Å². The molecule has 34 heavy (non-hydrogen) atoms. The van der Waals surface area contributed by atoms with Gasteiger partial charge in [-0.05, 0) is 105 Å². The minimum absolute atomic E-state index is 0.0334. The smallest absolute Gasteiger partial charge is 0.297 e. The molecule has 5 rings (SSSR count). The lowest BCUT2D eigenvalue weighted by atomic mass is 9.47. The number of aliphatic hydroxyl groups excluding tert-OH is 1. The maximum atomic E-state index is 12.9. The third-order valence-electron chi connectivity index (χ3n) is 10.3. The number of hydrogen-bond acceptors (Lipinski definition) is 5. The average molecular weight is 487 g/mol. The third-order valence-corrected chi connectivity index (χ3v) is 11.6. The first kappa shape index (κ1) is 24.2. The summed E-state index contributed by atoms with van der Waals surface area (Å²) in [6.07, 6.45) is 9.53. The highest BCUT2D eigenvalue weighted by Crippen LogP contribution is 2.66. The minimum atomic E-state index is -3.77. The van der Waals surface area contributed by atoms with E-state index in [1.165, 1.54) is 5.57 Å². The van der Waals surface area contributed by atoms with E-state index in [9.17, 15) is 18.3 Å². The zero-order valence-electron chi connectivity index (χ0n) is 20.6. The average Bonchev–Trinajstić information content (AvgIpc) is 3.16. The predicted molar refractivity (Wildman–Crippen MR) is 131 cm³/mol. The Kier molecular flexibility index (Phi) is 6.10. The summed E-state index contributed by atoms with van der Waals surface area (Å²) in [6, 6.07) is 6.85. The molecule has 4 aliphatic carbocycles. The Morgan fingerprint density at radius 2 is 1.79 bits per heavy atom. The number of carbonyl (C=O) groups excluding carboxylic acids is 1. The maximum absolute atomic E-state index is 12.9. The van der Waals surface area contributed by atoms with E-state index in [0.29, 0.717) is 24.2 Å². The Labute approximate surface area is 204 Å². The van der Waals surface area contributed by atoms with Crippen LogP contribution in [0.4, 0.5) is 0 Å². The molecule has 3 saturated carbocycles. The number of rotatable bonds is 5. The molecule has 5 nitrogen and oxygen atoms in total. The highest BCUT2D eigenvalue weighted by molar-refractivity contribution is 7.86. The van der Waals surface area contributed by atoms with Gasteiger partial charge >= 0.3 is 0 Å². The Balaban J connectivity index is 1.33. The molecule has 3 fully saturated rings. The molecule has 186 valence electrons. The summed E-state index contributed by atoms with van der Waals surface area (Å²) in [5.74, 6) is 1.76. The molecule has 0 radical (unpaired) electrons. The summed E-state index contributed by atoms with van der Waals surface area (Å²) in [5, 5.41) is 10.4. The summed E-state index contributed by atoms with van der Waals surface area (Å²) in [6.45, 7) is 6.63. The van der Waals surface area contributed by atoms with Crippen LogP contribution in [0.25, 0.3) is 0 Å². The summed E-state index contributed by atoms with van der Waals surface area (Å²) in [4.78, 5) is 11.6. The Bertz CT molecular complexity index is 1080. The Hall–Kier alpha value is -1.50. The number of aldehydes is 1. The van der Waals surface area contributed by atoms with E-state index in [1.807, 2.05) is 6.92 Å². The quantitative estimate of drug-likeness (QED) is 0.351. The predicted octanol–water partition coefficient (Wildman–Crippen LogP) is 5.21. The molecule has 0 bridgehead atoms. The van der Waals surface area contributed by atoms with Crippen LogP contribution < -0.4 is 0 Å². The van der Waals surface area contributed by atoms with Crippen molar-refractivity contribution < 1.29 is 22.5 Å². The lowest BCUT2D eigenvalue weighted by Crippen LogP contribution is -2.51. The fourth-order valence-electron chi connectivity index (χ4n) is 8.35. The fraction of sp³-hybridized carbons (Fsp3) is 0.679. The van der Waals surface area contributed by atoms with Crippen molar-refractivity contribution in [2.75, 3.05) is 0 Å². The van der Waals surface area contributed by atoms with Gasteiger partial charge in [0.2, 0.25) is 0 Å². The number of aliphatic hydroxyl groups is 1. The van der Waals surface area contributed by atoms with Crippen molar-refractivity contribution in [3.8, 4) is 0 Å². The first-order chi connectivity index (χ1) is 16.1. The van der Waals surface area contributed by atoms with Crippen molar-refractivity contribution in [3.05, 3.63) is 41.5 Å². The standard InChI is InChI=1S/C28H38O5S/c1-18-4-7-21(8-5-18)34(31,32)33-20-12-14-27(2)19(16-20)6-9-22-23-10-11-25(26(30)17-29)28(23,3)15-13-24(22)27/h4-8,17,20,22-26,30H,9-16H2,1-3H3/t20-,22-,23-,24-,25+,26?,27-,28-/m0/s1. The highest BCUT2D eigenvalue weighted by atomic mass is 32.2. The number of allylic oxidation sites excluding steroid dienone is 1. The van der Waals surface area contributed by atoms with E-state index in [1.54, 1.807) is 24.3 Å². The molecule has 0 spiro atoms. The van der Waals surface area contributed by atoms with Crippen LogP contribution in [-0.4, -0.2) is 32.0 Å². The van der Waals surface area contributed by atoms with E-state index in [0.717, 1.165) is 56.8 Å². The monoisotopic (exact) mass is 486 g/mol. The van der Waals surface area contributed by atoms with Gasteiger partial charge in [-0.25, -0.2) is 0 Å². The molecule has 1 unspecified atom stereocenters. The molecule has 0 amide bonds. The van der Waals surface area contributed by atoms with Crippen LogP contribution in [0, 0.1) is 41.4 Å². The van der Waals surface area contributed by atoms with Gasteiger partial charge in [-0.2, -0.15) is 8.42 Å². The molecule has 0 heterocycles. The number of benzene rings is 1. The Morgan fingerprint density at radius 3 is 2.50 bits per heavy atom. The maximum Gasteiger partial charge on any atom is 0.297 e. The van der Waals surface area contributed by atoms with Crippen molar-refractivity contribution in [3.63, 3.8) is 0 Å². The van der Waals surface area contributed by atoms with E-state index in [-0.39, 0.29) is 27.7 Å². The zero-order chi connectivity index (χ0) is 24.3. The first-order valence-corrected chi connectivity index (χ1v) is 14.3. The van der Waals surface area contributed by atoms with Crippen LogP contribution in [0.3, 0.4) is 0 Å². The normalized spacial score (nSPS) is 40.5. The molecule has 0 saturated heterocycles. The molecule has 0 aromatic heterocycles. The molecule has 0 aliphatic heterocycles. The zero-order valence-corrected chi connectivity index (χ0v) is 21.4. The van der Waals surface area contributed by atoms with E-state index < -0.39 is 16.2 Å². The lowest BCUT2D eigenvalue weighted by Gasteiger charge is -2.58. The van der Waals surface area contributed by atoms with Gasteiger partial charge < -0.3 is 9.90 Å². The second-order valence-corrected chi connectivity index (χ2v) is 13.4. The molecular formula is C28H38O5S. The van der Waals surface area contributed by atoms with E-state index in [2.05, 4.69) is 19.9 Å². The van der Waals surface area contributed by atoms with Crippen LogP contribution in [0.2, 0.25) is 0 Å². The molecule has 4 aliphatic rings. The van der Waals surface area contributed by atoms with Gasteiger partial charge in [0.05, 0.1) is 11.0 Å². The largest absolute Gasteiger partial charge is 0.385 e. The number of carbonyl (C=O) groups is 1. The highest BCUT2D eigenvalue weighted by Gasteiger charge is 2.59. The van der Waals surface area contributed by atoms with Crippen molar-refractivity contribution in [2.24, 2.45) is 34.5 Å². The van der Waals surface area contributed by atoms with Crippen LogP contribution in [0.1, 0.15) is 70.8 Å². The van der Waals surface area contributed by atoms with Gasteiger partial charge in [0.15, 0.2) is 0 Å². The second-order valence-electron chi connectivity index (χ2n) is 11.8.